The molecular weight excluding hydrogens is 1020 g/mol. The number of primary amides is 2. The van der Waals surface area contributed by atoms with Crippen LogP contribution in [0.1, 0.15) is 119 Å². The van der Waals surface area contributed by atoms with E-state index in [-0.39, 0.29) is 35.1 Å². The molecule has 5 aromatic heterocycles. The van der Waals surface area contributed by atoms with Crippen LogP contribution in [0.15, 0.2) is 93.3 Å². The minimum Gasteiger partial charge on any atom is -0.351 e. The number of carbonyl (C=O) groups excluding carboxylic acids is 5. The number of nitrogens with two attached hydrogens (primary N) is 2. The van der Waals surface area contributed by atoms with Crippen molar-refractivity contribution in [1.82, 2.24) is 24.9 Å². The Morgan fingerprint density at radius 3 is 1.31 bits per heavy atom. The van der Waals surface area contributed by atoms with Crippen LogP contribution < -0.4 is 21.3 Å². The molecule has 0 saturated heterocycles. The standard InChI is InChI=1S/C19H22N4O2.2C10H12BrNO.C9H10BrN3O/c1-12(6-13(2)24)15-8-16(10-21-9-15)17-7-14-4-3-5-23(19(20)25)18(14)22-11-17;2*1-7(3-8(2)13)9-4-10(11)6-12-5-9;10-7-4-6-2-1-3-13(9(11)14)8(6)12-5-7/h7-12H,3-6H2,1-2H3,(H2,20,25);2*4-7H,3H2,1-2H3;4-5H,1-3H2,(H2,11,14)/t12-;2*7-;/m000./s1. The van der Waals surface area contributed by atoms with Gasteiger partial charge < -0.3 is 25.9 Å². The lowest BCUT2D eigenvalue weighted by atomic mass is 9.94. The van der Waals surface area contributed by atoms with E-state index in [1.54, 1.807) is 70.3 Å². The molecule has 7 rings (SSSR count). The maximum absolute atomic E-state index is 11.6. The number of nitrogens with zero attached hydrogens (tertiary/aromatic N) is 7. The van der Waals surface area contributed by atoms with Gasteiger partial charge in [-0.1, -0.05) is 20.8 Å². The smallest absolute Gasteiger partial charge is 0.320 e. The van der Waals surface area contributed by atoms with Crippen molar-refractivity contribution in [3.8, 4) is 11.1 Å². The van der Waals surface area contributed by atoms with Crippen LogP contribution in [0, 0.1) is 0 Å². The Morgan fingerprint density at radius 1 is 0.523 bits per heavy atom. The second kappa shape index (κ2) is 25.4. The largest absolute Gasteiger partial charge is 0.351 e. The van der Waals surface area contributed by atoms with Gasteiger partial charge in [0.05, 0.1) is 0 Å². The third-order valence-corrected chi connectivity index (χ3v) is 11.9. The van der Waals surface area contributed by atoms with Crippen molar-refractivity contribution >= 4 is 88.8 Å². The summed E-state index contributed by atoms with van der Waals surface area (Å²) in [6, 6.07) is 9.19. The van der Waals surface area contributed by atoms with Crippen molar-refractivity contribution in [1.29, 1.82) is 0 Å². The molecule has 344 valence electrons. The third kappa shape index (κ3) is 16.6. The number of carbonyl (C=O) groups is 5. The predicted octanol–water partition coefficient (Wildman–Crippen LogP) is 10.6. The number of amides is 4. The molecule has 2 aliphatic heterocycles. The first-order valence-electron chi connectivity index (χ1n) is 21.2. The Morgan fingerprint density at radius 2 is 0.892 bits per heavy atom. The highest BCUT2D eigenvalue weighted by Crippen LogP contribution is 2.31. The normalized spacial score (nSPS) is 13.9. The molecule has 0 bridgehead atoms. The number of pyridine rings is 5. The highest BCUT2D eigenvalue weighted by atomic mass is 79.9. The van der Waals surface area contributed by atoms with Crippen LogP contribution in [0.25, 0.3) is 11.1 Å². The molecule has 0 fully saturated rings. The average molecular weight is 1080 g/mol. The zero-order valence-corrected chi connectivity index (χ0v) is 42.3. The molecule has 17 heteroatoms. The quantitative estimate of drug-likeness (QED) is 0.135. The number of fused-ring (bicyclic) bond motifs is 2. The van der Waals surface area contributed by atoms with Crippen LogP contribution in [-0.2, 0) is 27.2 Å². The Hall–Kier alpha value is -5.26. The predicted molar refractivity (Wildman–Crippen MR) is 265 cm³/mol. The number of aryl methyl sites for hydroxylation is 2. The topological polar surface area (TPSA) is 208 Å². The Labute approximate surface area is 406 Å². The second-order valence-electron chi connectivity index (χ2n) is 16.3. The molecular formula is C48H56Br3N9O5. The van der Waals surface area contributed by atoms with Gasteiger partial charge in [0, 0.05) is 106 Å². The van der Waals surface area contributed by atoms with Crippen LogP contribution >= 0.6 is 47.8 Å². The van der Waals surface area contributed by atoms with Gasteiger partial charge in [-0.2, -0.15) is 0 Å². The summed E-state index contributed by atoms with van der Waals surface area (Å²) < 4.78 is 2.85. The lowest BCUT2D eigenvalue weighted by Gasteiger charge is -2.27. The Balaban J connectivity index is 0.000000200. The summed E-state index contributed by atoms with van der Waals surface area (Å²) in [5, 5.41) is 0. The molecule has 0 aromatic carbocycles. The minimum absolute atomic E-state index is 0.126. The lowest BCUT2D eigenvalue weighted by molar-refractivity contribution is -0.118. The summed E-state index contributed by atoms with van der Waals surface area (Å²) in [4.78, 5) is 79.9. The fourth-order valence-corrected chi connectivity index (χ4v) is 8.56. The highest BCUT2D eigenvalue weighted by Gasteiger charge is 2.24. The molecule has 4 N–H and O–H groups in total. The van der Waals surface area contributed by atoms with Crippen LogP contribution in [0.2, 0.25) is 0 Å². The van der Waals surface area contributed by atoms with Gasteiger partial charge in [0.25, 0.3) is 0 Å². The zero-order chi connectivity index (χ0) is 47.8. The highest BCUT2D eigenvalue weighted by molar-refractivity contribution is 9.11. The summed E-state index contributed by atoms with van der Waals surface area (Å²) in [6.45, 7) is 12.2. The second-order valence-corrected chi connectivity index (χ2v) is 19.1. The number of urea groups is 2. The maximum atomic E-state index is 11.6. The number of aromatic nitrogens is 5. The van der Waals surface area contributed by atoms with Gasteiger partial charge in [-0.25, -0.2) is 19.6 Å². The summed E-state index contributed by atoms with van der Waals surface area (Å²) in [5.74, 6) is 2.58. The fraction of sp³-hybridized carbons (Fsp3) is 0.375. The molecule has 0 radical (unpaired) electrons. The molecule has 2 aliphatic rings. The average Bonchev–Trinajstić information content (AvgIpc) is 3.25. The van der Waals surface area contributed by atoms with Crippen molar-refractivity contribution in [2.45, 2.75) is 104 Å². The van der Waals surface area contributed by atoms with Crippen molar-refractivity contribution in [2.75, 3.05) is 22.9 Å². The van der Waals surface area contributed by atoms with E-state index in [0.717, 1.165) is 78.0 Å². The van der Waals surface area contributed by atoms with Crippen LogP contribution in [0.3, 0.4) is 0 Å². The number of hydrogen-bond donors (Lipinski definition) is 2. The van der Waals surface area contributed by atoms with Gasteiger partial charge >= 0.3 is 12.1 Å². The van der Waals surface area contributed by atoms with E-state index < -0.39 is 12.1 Å². The zero-order valence-electron chi connectivity index (χ0n) is 37.6. The molecule has 3 atom stereocenters. The van der Waals surface area contributed by atoms with E-state index in [0.29, 0.717) is 44.0 Å². The molecule has 0 spiro atoms. The van der Waals surface area contributed by atoms with E-state index in [1.807, 2.05) is 45.0 Å². The van der Waals surface area contributed by atoms with Crippen molar-refractivity contribution in [2.24, 2.45) is 11.5 Å². The summed E-state index contributed by atoms with van der Waals surface area (Å²) in [7, 11) is 0. The minimum atomic E-state index is -0.470. The number of ketones is 3. The van der Waals surface area contributed by atoms with E-state index in [2.05, 4.69) is 78.8 Å². The van der Waals surface area contributed by atoms with Crippen LogP contribution in [-0.4, -0.2) is 67.4 Å². The van der Waals surface area contributed by atoms with Gasteiger partial charge in [-0.3, -0.25) is 24.8 Å². The fourth-order valence-electron chi connectivity index (χ4n) is 7.41. The molecule has 65 heavy (non-hydrogen) atoms. The maximum Gasteiger partial charge on any atom is 0.320 e. The molecule has 5 aromatic rings. The SMILES string of the molecule is CC(=O)C[C@H](C)c1cncc(-c2cnc3c(c2)CCCN3C(N)=O)c1.CC(=O)C[C@H](C)c1cncc(Br)c1.CC(=O)C[C@H](C)c1cncc(Br)c1.NC(=O)N1CCCc2cc(Br)cnc21. The Bertz CT molecular complexity index is 2410. The molecule has 14 nitrogen and oxygen atoms in total. The molecule has 0 unspecified atom stereocenters. The lowest BCUT2D eigenvalue weighted by Crippen LogP contribution is -2.40. The summed E-state index contributed by atoms with van der Waals surface area (Å²) in [6.07, 6.45) is 19.4. The van der Waals surface area contributed by atoms with E-state index in [4.69, 9.17) is 11.5 Å². The summed E-state index contributed by atoms with van der Waals surface area (Å²) >= 11 is 10.0. The molecule has 7 heterocycles. The van der Waals surface area contributed by atoms with Gasteiger partial charge in [0.1, 0.15) is 29.0 Å². The first-order chi connectivity index (χ1) is 30.8. The first-order valence-corrected chi connectivity index (χ1v) is 23.6. The van der Waals surface area contributed by atoms with Gasteiger partial charge in [0.15, 0.2) is 0 Å². The molecule has 0 aliphatic carbocycles. The number of halogens is 3. The van der Waals surface area contributed by atoms with Crippen LogP contribution in [0.5, 0.6) is 0 Å². The monoisotopic (exact) mass is 1080 g/mol. The number of anilines is 2. The number of rotatable bonds is 10. The van der Waals surface area contributed by atoms with E-state index in [9.17, 15) is 24.0 Å². The number of hydrogen-bond acceptors (Lipinski definition) is 10. The van der Waals surface area contributed by atoms with Gasteiger partial charge in [-0.15, -0.1) is 0 Å². The third-order valence-electron chi connectivity index (χ3n) is 10.6. The van der Waals surface area contributed by atoms with Crippen molar-refractivity contribution < 1.29 is 24.0 Å². The number of Topliss-reactive ketones (excluding diaryl/α,β-unsaturated/α-hetero) is 3. The van der Waals surface area contributed by atoms with Gasteiger partial charge in [-0.05, 0) is 170 Å². The van der Waals surface area contributed by atoms with Crippen LogP contribution in [0.4, 0.5) is 21.2 Å². The first kappa shape index (κ1) is 52.4. The van der Waals surface area contributed by atoms with E-state index >= 15 is 0 Å². The van der Waals surface area contributed by atoms with E-state index in [1.165, 1.54) is 9.80 Å². The Kier molecular flexibility index (Phi) is 20.5. The van der Waals surface area contributed by atoms with Crippen molar-refractivity contribution in [3.05, 3.63) is 121 Å². The summed E-state index contributed by atoms with van der Waals surface area (Å²) in [5.41, 5.74) is 17.9. The van der Waals surface area contributed by atoms with Crippen molar-refractivity contribution in [3.63, 3.8) is 0 Å². The van der Waals surface area contributed by atoms with Gasteiger partial charge in [0.2, 0.25) is 0 Å². The molecule has 0 saturated carbocycles. The molecule has 4 amide bonds.